The third-order valence-electron chi connectivity index (χ3n) is 6.94. The molecule has 8 nitrogen and oxygen atoms in total. The Hall–Kier alpha value is -3.59. The SMILES string of the molecule is Cc1cccc(CNC(=O)[C@]2(CCC(=O)OC(C)(C)C)N=C(c3ccc(OCCCO)cc3)O[C@@H]2c2ccc(Cl)cc2Cl)c1. The number of amides is 1. The van der Waals surface area contributed by atoms with E-state index in [4.69, 9.17) is 47.5 Å². The molecule has 3 aromatic carbocycles. The van der Waals surface area contributed by atoms with Gasteiger partial charge in [-0.05, 0) is 76.1 Å². The standard InChI is InChI=1S/C34H38Cl2N2O6/c1-22-7-5-8-23(19-22)21-37-32(41)34(16-15-29(40)44-33(2,3)4)30(27-14-11-25(35)20-28(27)36)43-31(38-34)24-9-12-26(13-10-24)42-18-6-17-39/h5,7-14,19-20,30,39H,6,15-18,21H2,1-4H3,(H,37,41)/t30-,34-/m1/s1. The van der Waals surface area contributed by atoms with Gasteiger partial charge in [0, 0.05) is 47.2 Å². The fourth-order valence-corrected chi connectivity index (χ4v) is 5.41. The Balaban J connectivity index is 1.75. The summed E-state index contributed by atoms with van der Waals surface area (Å²) < 4.78 is 17.7. The molecule has 2 N–H and O–H groups in total. The number of nitrogens with one attached hydrogen (secondary N) is 1. The molecular formula is C34H38Cl2N2O6. The van der Waals surface area contributed by atoms with Gasteiger partial charge >= 0.3 is 5.97 Å². The number of aliphatic hydroxyl groups is 1. The van der Waals surface area contributed by atoms with Gasteiger partial charge in [0.15, 0.2) is 11.6 Å². The van der Waals surface area contributed by atoms with Crippen LogP contribution in [0.1, 0.15) is 68.4 Å². The summed E-state index contributed by atoms with van der Waals surface area (Å²) >= 11 is 12.9. The number of hydrogen-bond donors (Lipinski definition) is 2. The molecule has 0 fully saturated rings. The summed E-state index contributed by atoms with van der Waals surface area (Å²) in [5.74, 6) is -0.0436. The Labute approximate surface area is 268 Å². The lowest BCUT2D eigenvalue weighted by Gasteiger charge is -2.31. The number of hydrogen-bond acceptors (Lipinski definition) is 7. The maximum Gasteiger partial charge on any atom is 0.306 e. The average molecular weight is 642 g/mol. The Morgan fingerprint density at radius 1 is 1.07 bits per heavy atom. The number of benzene rings is 3. The smallest absolute Gasteiger partial charge is 0.306 e. The molecule has 4 rings (SSSR count). The van der Waals surface area contributed by atoms with Crippen LogP contribution in [-0.2, 0) is 25.6 Å². The Bertz CT molecular complexity index is 1500. The Kier molecular flexibility index (Phi) is 10.9. The number of aryl methyl sites for hydroxylation is 1. The molecule has 10 heteroatoms. The van der Waals surface area contributed by atoms with Gasteiger partial charge in [-0.25, -0.2) is 4.99 Å². The number of aliphatic imine (C=N–C) groups is 1. The molecule has 0 bridgehead atoms. The van der Waals surface area contributed by atoms with Crippen molar-refractivity contribution in [1.82, 2.24) is 5.32 Å². The van der Waals surface area contributed by atoms with Crippen LogP contribution in [-0.4, -0.2) is 47.2 Å². The van der Waals surface area contributed by atoms with E-state index in [-0.39, 0.29) is 31.9 Å². The summed E-state index contributed by atoms with van der Waals surface area (Å²) in [5.41, 5.74) is 0.841. The van der Waals surface area contributed by atoms with E-state index in [0.29, 0.717) is 39.9 Å². The van der Waals surface area contributed by atoms with Gasteiger partial charge < -0.3 is 24.6 Å². The molecule has 1 amide bonds. The Morgan fingerprint density at radius 3 is 2.48 bits per heavy atom. The maximum absolute atomic E-state index is 14.3. The van der Waals surface area contributed by atoms with Gasteiger partial charge in [0.2, 0.25) is 5.90 Å². The van der Waals surface area contributed by atoms with Crippen LogP contribution in [0.4, 0.5) is 0 Å². The molecule has 1 aliphatic heterocycles. The summed E-state index contributed by atoms with van der Waals surface area (Å²) in [6.45, 7) is 8.01. The molecule has 0 unspecified atom stereocenters. The molecule has 0 aromatic heterocycles. The fraction of sp³-hybridized carbons (Fsp3) is 0.382. The monoisotopic (exact) mass is 640 g/mol. The lowest BCUT2D eigenvalue weighted by molar-refractivity contribution is -0.155. The summed E-state index contributed by atoms with van der Waals surface area (Å²) in [6.07, 6.45) is -0.549. The number of esters is 1. The van der Waals surface area contributed by atoms with Gasteiger partial charge in [-0.3, -0.25) is 9.59 Å². The lowest BCUT2D eigenvalue weighted by Crippen LogP contribution is -2.48. The molecule has 0 saturated heterocycles. The first-order chi connectivity index (χ1) is 20.9. The zero-order valence-corrected chi connectivity index (χ0v) is 26.9. The van der Waals surface area contributed by atoms with Crippen LogP contribution in [0.5, 0.6) is 5.75 Å². The molecule has 0 saturated carbocycles. The van der Waals surface area contributed by atoms with Crippen molar-refractivity contribution >= 4 is 41.0 Å². The van der Waals surface area contributed by atoms with Gasteiger partial charge in [0.1, 0.15) is 11.4 Å². The number of carbonyl (C=O) groups is 2. The summed E-state index contributed by atoms with van der Waals surface area (Å²) in [5, 5.41) is 12.8. The molecular weight excluding hydrogens is 603 g/mol. The second kappa shape index (κ2) is 14.5. The zero-order chi connectivity index (χ0) is 31.9. The van der Waals surface area contributed by atoms with Crippen molar-refractivity contribution in [3.63, 3.8) is 0 Å². The van der Waals surface area contributed by atoms with Gasteiger partial charge in [-0.2, -0.15) is 0 Å². The summed E-state index contributed by atoms with van der Waals surface area (Å²) in [4.78, 5) is 32.2. The number of ether oxygens (including phenoxy) is 3. The largest absolute Gasteiger partial charge is 0.494 e. The minimum atomic E-state index is -1.57. The maximum atomic E-state index is 14.3. The molecule has 234 valence electrons. The number of nitrogens with zero attached hydrogens (tertiary/aromatic N) is 1. The second-order valence-electron chi connectivity index (χ2n) is 11.7. The van der Waals surface area contributed by atoms with Crippen LogP contribution >= 0.6 is 23.2 Å². The first kappa shape index (κ1) is 33.3. The predicted molar refractivity (Wildman–Crippen MR) is 171 cm³/mol. The highest BCUT2D eigenvalue weighted by molar-refractivity contribution is 6.35. The molecule has 0 spiro atoms. The van der Waals surface area contributed by atoms with E-state index in [1.165, 1.54) is 0 Å². The van der Waals surface area contributed by atoms with Crippen molar-refractivity contribution < 1.29 is 28.9 Å². The number of carbonyl (C=O) groups excluding carboxylic acids is 2. The highest BCUT2D eigenvalue weighted by Crippen LogP contribution is 2.46. The van der Waals surface area contributed by atoms with Gasteiger partial charge in [0.25, 0.3) is 5.91 Å². The quantitative estimate of drug-likeness (QED) is 0.167. The zero-order valence-electron chi connectivity index (χ0n) is 25.4. The van der Waals surface area contributed by atoms with Crippen molar-refractivity contribution in [1.29, 1.82) is 0 Å². The van der Waals surface area contributed by atoms with Gasteiger partial charge in [-0.15, -0.1) is 0 Å². The number of halogens is 2. The molecule has 0 aliphatic carbocycles. The van der Waals surface area contributed by atoms with Crippen molar-refractivity contribution in [2.24, 2.45) is 4.99 Å². The predicted octanol–water partition coefficient (Wildman–Crippen LogP) is 6.76. The van der Waals surface area contributed by atoms with E-state index >= 15 is 0 Å². The van der Waals surface area contributed by atoms with Crippen LogP contribution < -0.4 is 10.1 Å². The van der Waals surface area contributed by atoms with Crippen LogP contribution in [0.3, 0.4) is 0 Å². The molecule has 44 heavy (non-hydrogen) atoms. The average Bonchev–Trinajstić information content (AvgIpc) is 3.35. The lowest BCUT2D eigenvalue weighted by atomic mass is 9.83. The van der Waals surface area contributed by atoms with Crippen molar-refractivity contribution in [3.05, 3.63) is 99.0 Å². The van der Waals surface area contributed by atoms with Gasteiger partial charge in [0.05, 0.1) is 6.61 Å². The molecule has 0 radical (unpaired) electrons. The van der Waals surface area contributed by atoms with E-state index in [9.17, 15) is 9.59 Å². The van der Waals surface area contributed by atoms with Crippen molar-refractivity contribution in [2.45, 2.75) is 70.7 Å². The molecule has 3 aromatic rings. The highest BCUT2D eigenvalue weighted by atomic mass is 35.5. The fourth-order valence-electron chi connectivity index (χ4n) is 4.90. The number of aliphatic hydroxyl groups excluding tert-OH is 1. The van der Waals surface area contributed by atoms with Crippen LogP contribution in [0.25, 0.3) is 0 Å². The third-order valence-corrected chi connectivity index (χ3v) is 7.50. The first-order valence-electron chi connectivity index (χ1n) is 14.5. The number of rotatable bonds is 12. The molecule has 1 heterocycles. The van der Waals surface area contributed by atoms with E-state index in [0.717, 1.165) is 11.1 Å². The Morgan fingerprint density at radius 2 is 1.82 bits per heavy atom. The third kappa shape index (κ3) is 8.52. The molecule has 1 aliphatic rings. The van der Waals surface area contributed by atoms with Gasteiger partial charge in [-0.1, -0.05) is 59.1 Å². The van der Waals surface area contributed by atoms with Crippen molar-refractivity contribution in [3.8, 4) is 5.75 Å². The van der Waals surface area contributed by atoms with E-state index < -0.39 is 29.1 Å². The van der Waals surface area contributed by atoms with E-state index in [1.807, 2.05) is 31.2 Å². The highest BCUT2D eigenvalue weighted by Gasteiger charge is 2.54. The van der Waals surface area contributed by atoms with Crippen LogP contribution in [0.2, 0.25) is 10.0 Å². The topological polar surface area (TPSA) is 106 Å². The van der Waals surface area contributed by atoms with Crippen LogP contribution in [0.15, 0.2) is 71.7 Å². The minimum Gasteiger partial charge on any atom is -0.494 e. The summed E-state index contributed by atoms with van der Waals surface area (Å²) in [7, 11) is 0. The summed E-state index contributed by atoms with van der Waals surface area (Å²) in [6, 6.07) is 19.9. The van der Waals surface area contributed by atoms with Crippen LogP contribution in [0, 0.1) is 6.92 Å². The second-order valence-corrected chi connectivity index (χ2v) is 12.6. The van der Waals surface area contributed by atoms with E-state index in [1.54, 1.807) is 63.2 Å². The minimum absolute atomic E-state index is 0.00294. The first-order valence-corrected chi connectivity index (χ1v) is 15.3. The normalized spacial score (nSPS) is 17.9. The van der Waals surface area contributed by atoms with E-state index in [2.05, 4.69) is 5.32 Å². The molecule has 2 atom stereocenters. The van der Waals surface area contributed by atoms with Crippen molar-refractivity contribution in [2.75, 3.05) is 13.2 Å².